The Morgan fingerprint density at radius 3 is 2.20 bits per heavy atom. The van der Waals surface area contributed by atoms with Gasteiger partial charge in [-0.3, -0.25) is 13.9 Å². The summed E-state index contributed by atoms with van der Waals surface area (Å²) in [6.07, 6.45) is 0. The first-order chi connectivity index (χ1) is 13.8. The molecule has 0 aliphatic carbocycles. The van der Waals surface area contributed by atoms with Crippen LogP contribution in [-0.2, 0) is 25.0 Å². The maximum Gasteiger partial charge on any atom is 0.296 e. The summed E-state index contributed by atoms with van der Waals surface area (Å²) in [5.41, 5.74) is -1.47. The second-order valence-electron chi connectivity index (χ2n) is 5.68. The van der Waals surface area contributed by atoms with E-state index in [1.165, 1.54) is 18.2 Å². The molecule has 14 heteroatoms. The summed E-state index contributed by atoms with van der Waals surface area (Å²) < 4.78 is 63.5. The van der Waals surface area contributed by atoms with Crippen LogP contribution < -0.4 is 5.32 Å². The number of amides is 1. The Morgan fingerprint density at radius 2 is 1.63 bits per heavy atom. The second-order valence-corrected chi connectivity index (χ2v) is 8.50. The molecule has 0 aliphatic heterocycles. The first-order valence-corrected chi connectivity index (χ1v) is 10.7. The van der Waals surface area contributed by atoms with Gasteiger partial charge < -0.3 is 15.5 Å². The predicted molar refractivity (Wildman–Crippen MR) is 103 cm³/mol. The molecular formula is C16H15N3O9S2. The highest BCUT2D eigenvalue weighted by atomic mass is 32.2. The van der Waals surface area contributed by atoms with E-state index in [1.54, 1.807) is 0 Å². The van der Waals surface area contributed by atoms with Crippen molar-refractivity contribution in [1.29, 1.82) is 0 Å². The maximum atomic E-state index is 12.4. The van der Waals surface area contributed by atoms with E-state index >= 15 is 0 Å². The van der Waals surface area contributed by atoms with E-state index in [4.69, 9.17) is 4.55 Å². The summed E-state index contributed by atoms with van der Waals surface area (Å²) in [6, 6.07) is 7.46. The van der Waals surface area contributed by atoms with Crippen LogP contribution in [0.1, 0.15) is 6.92 Å². The van der Waals surface area contributed by atoms with Crippen LogP contribution in [0.25, 0.3) is 0 Å². The average molecular weight is 457 g/mol. The molecule has 0 heterocycles. The summed E-state index contributed by atoms with van der Waals surface area (Å²) in [4.78, 5) is 11.2. The molecule has 2 aromatic carbocycles. The molecule has 0 aliphatic rings. The number of carbonyl (C=O) groups is 1. The third kappa shape index (κ3) is 5.60. The monoisotopic (exact) mass is 457 g/mol. The number of aromatic hydroxyl groups is 1. The minimum absolute atomic E-state index is 0.310. The lowest BCUT2D eigenvalue weighted by molar-refractivity contribution is -0.113. The van der Waals surface area contributed by atoms with Gasteiger partial charge in [0.05, 0.1) is 10.6 Å². The lowest BCUT2D eigenvalue weighted by atomic mass is 10.3. The average Bonchev–Trinajstić information content (AvgIpc) is 2.61. The summed E-state index contributed by atoms with van der Waals surface area (Å²) in [6.45, 7) is 1.07. The zero-order chi connectivity index (χ0) is 22.7. The quantitative estimate of drug-likeness (QED) is 0.187. The van der Waals surface area contributed by atoms with Crippen molar-refractivity contribution in [3.8, 4) is 5.75 Å². The number of aliphatic hydroxyl groups is 1. The Morgan fingerprint density at radius 1 is 1.00 bits per heavy atom. The van der Waals surface area contributed by atoms with Gasteiger partial charge in [-0.25, -0.2) is 0 Å². The number of hydrogen-bond donors (Lipinski definition) is 5. The largest absolute Gasteiger partial charge is 0.510 e. The van der Waals surface area contributed by atoms with Gasteiger partial charge in [-0.1, -0.05) is 12.1 Å². The molecule has 0 aromatic heterocycles. The highest BCUT2D eigenvalue weighted by molar-refractivity contribution is 7.86. The van der Waals surface area contributed by atoms with Crippen LogP contribution >= 0.6 is 0 Å². The summed E-state index contributed by atoms with van der Waals surface area (Å²) in [5, 5.41) is 28.6. The van der Waals surface area contributed by atoms with Gasteiger partial charge in [0.25, 0.3) is 26.1 Å². The lowest BCUT2D eigenvalue weighted by Crippen LogP contribution is -2.16. The molecule has 0 bridgehead atoms. The molecule has 12 nitrogen and oxygen atoms in total. The number of anilines is 1. The van der Waals surface area contributed by atoms with Crippen LogP contribution in [0.4, 0.5) is 11.4 Å². The smallest absolute Gasteiger partial charge is 0.296 e. The molecule has 160 valence electrons. The third-order valence-corrected chi connectivity index (χ3v) is 5.23. The van der Waals surface area contributed by atoms with Gasteiger partial charge in [0.1, 0.15) is 22.1 Å². The predicted octanol–water partition coefficient (Wildman–Crippen LogP) is 2.40. The topological polar surface area (TPSA) is 203 Å². The van der Waals surface area contributed by atoms with E-state index in [0.717, 1.165) is 31.2 Å². The van der Waals surface area contributed by atoms with Crippen LogP contribution in [0.5, 0.6) is 5.75 Å². The van der Waals surface area contributed by atoms with Crippen molar-refractivity contribution in [2.24, 2.45) is 10.2 Å². The van der Waals surface area contributed by atoms with Gasteiger partial charge in [0.15, 0.2) is 5.70 Å². The van der Waals surface area contributed by atoms with Crippen molar-refractivity contribution in [3.63, 3.8) is 0 Å². The lowest BCUT2D eigenvalue weighted by Gasteiger charge is -2.09. The SMILES string of the molecule is C/C(O)=C(/N=Nc1cc(S(=O)(=O)O)ccc1O)C(=O)Nc1ccccc1S(=O)(=O)O. The van der Waals surface area contributed by atoms with E-state index in [-0.39, 0.29) is 5.69 Å². The molecule has 0 unspecified atom stereocenters. The van der Waals surface area contributed by atoms with Crippen LogP contribution in [-0.4, -0.2) is 42.1 Å². The molecule has 2 rings (SSSR count). The molecular weight excluding hydrogens is 442 g/mol. The zero-order valence-corrected chi connectivity index (χ0v) is 16.7. The fourth-order valence-electron chi connectivity index (χ4n) is 2.11. The number of nitrogens with one attached hydrogen (secondary N) is 1. The van der Waals surface area contributed by atoms with Gasteiger partial charge in [-0.2, -0.15) is 16.8 Å². The first-order valence-electron chi connectivity index (χ1n) is 7.80. The van der Waals surface area contributed by atoms with Crippen LogP contribution in [0.15, 0.2) is 73.9 Å². The van der Waals surface area contributed by atoms with Crippen molar-refractivity contribution < 1.29 is 40.9 Å². The number of benzene rings is 2. The highest BCUT2D eigenvalue weighted by Crippen LogP contribution is 2.30. The number of aliphatic hydroxyl groups excluding tert-OH is 1. The normalized spacial score (nSPS) is 13.2. The Kier molecular flexibility index (Phi) is 6.57. The molecule has 30 heavy (non-hydrogen) atoms. The number of allylic oxidation sites excluding steroid dienone is 1. The molecule has 0 radical (unpaired) electrons. The van der Waals surface area contributed by atoms with E-state index in [1.807, 2.05) is 0 Å². The molecule has 0 spiro atoms. The fraction of sp³-hybridized carbons (Fsp3) is 0.0625. The van der Waals surface area contributed by atoms with Crippen LogP contribution in [0.2, 0.25) is 0 Å². The van der Waals surface area contributed by atoms with Gasteiger partial charge in [-0.15, -0.1) is 10.2 Å². The van der Waals surface area contributed by atoms with Crippen LogP contribution in [0.3, 0.4) is 0 Å². The molecule has 0 saturated heterocycles. The number of para-hydroxylation sites is 1. The Balaban J connectivity index is 2.40. The van der Waals surface area contributed by atoms with Gasteiger partial charge in [-0.05, 0) is 37.3 Å². The third-order valence-electron chi connectivity index (χ3n) is 3.47. The van der Waals surface area contributed by atoms with Crippen molar-refractivity contribution >= 4 is 37.5 Å². The minimum atomic E-state index is -4.67. The van der Waals surface area contributed by atoms with E-state index in [2.05, 4.69) is 15.5 Å². The van der Waals surface area contributed by atoms with Crippen molar-refractivity contribution in [2.75, 3.05) is 5.32 Å². The summed E-state index contributed by atoms with van der Waals surface area (Å²) in [7, 11) is -9.27. The van der Waals surface area contributed by atoms with Crippen molar-refractivity contribution in [2.45, 2.75) is 16.7 Å². The molecule has 0 fully saturated rings. The Hall–Kier alpha value is -3.33. The second kappa shape index (κ2) is 8.58. The maximum absolute atomic E-state index is 12.4. The Labute approximate surface area is 170 Å². The highest BCUT2D eigenvalue weighted by Gasteiger charge is 2.20. The molecule has 0 atom stereocenters. The number of hydrogen-bond acceptors (Lipinski definition) is 9. The van der Waals surface area contributed by atoms with E-state index in [9.17, 15) is 36.4 Å². The standard InChI is InChI=1S/C16H15N3O9S2/c1-9(20)15(16(22)17-11-4-2-3-5-14(11)30(26,27)28)19-18-12-8-10(29(23,24)25)6-7-13(12)21/h2-8,20-21H,1H3,(H,17,22)(H,23,24,25)(H,26,27,28)/b15-9-,19-18?. The summed E-state index contributed by atoms with van der Waals surface area (Å²) >= 11 is 0. The minimum Gasteiger partial charge on any atom is -0.510 e. The van der Waals surface area contributed by atoms with Gasteiger partial charge in [0.2, 0.25) is 0 Å². The fourth-order valence-corrected chi connectivity index (χ4v) is 3.25. The molecule has 1 amide bonds. The van der Waals surface area contributed by atoms with E-state index in [0.29, 0.717) is 0 Å². The number of azo groups is 1. The molecule has 2 aromatic rings. The number of nitrogens with zero attached hydrogens (tertiary/aromatic N) is 2. The van der Waals surface area contributed by atoms with Gasteiger partial charge >= 0.3 is 0 Å². The van der Waals surface area contributed by atoms with E-state index < -0.39 is 58.8 Å². The number of carbonyl (C=O) groups excluding carboxylic acids is 1. The van der Waals surface area contributed by atoms with Crippen molar-refractivity contribution in [1.82, 2.24) is 0 Å². The van der Waals surface area contributed by atoms with Crippen LogP contribution in [0, 0.1) is 0 Å². The summed E-state index contributed by atoms with van der Waals surface area (Å²) in [5.74, 6) is -2.32. The molecule has 0 saturated carbocycles. The Bertz CT molecular complexity index is 1260. The van der Waals surface area contributed by atoms with Crippen molar-refractivity contribution in [3.05, 3.63) is 53.9 Å². The first kappa shape index (κ1) is 23.0. The molecule has 5 N–H and O–H groups in total. The van der Waals surface area contributed by atoms with Gasteiger partial charge in [0, 0.05) is 0 Å². The zero-order valence-electron chi connectivity index (χ0n) is 15.1. The number of rotatable bonds is 6. The number of phenols is 1. The number of phenolic OH excluding ortho intramolecular Hbond substituents is 1.